The van der Waals surface area contributed by atoms with Crippen LogP contribution in [0.5, 0.6) is 0 Å². The Labute approximate surface area is 189 Å². The van der Waals surface area contributed by atoms with E-state index in [-0.39, 0.29) is 0 Å². The molecule has 0 aromatic heterocycles. The molecule has 0 aliphatic heterocycles. The molecule has 0 atom stereocenters. The second kappa shape index (κ2) is 7.58. The van der Waals surface area contributed by atoms with Crippen molar-refractivity contribution in [2.24, 2.45) is 0 Å². The van der Waals surface area contributed by atoms with Gasteiger partial charge in [-0.3, -0.25) is 0 Å². The van der Waals surface area contributed by atoms with E-state index in [1.807, 2.05) is 12.1 Å². The van der Waals surface area contributed by atoms with Gasteiger partial charge in [0.15, 0.2) is 0 Å². The van der Waals surface area contributed by atoms with Gasteiger partial charge in [-0.1, -0.05) is 103 Å². The molecule has 6 aromatic carbocycles. The molecule has 148 valence electrons. The first-order valence-corrected chi connectivity index (χ1v) is 10.8. The molecular weight excluding hydrogens is 385 g/mol. The van der Waals surface area contributed by atoms with E-state index in [0.717, 1.165) is 22.5 Å². The minimum atomic E-state index is 0.759. The molecule has 0 fully saturated rings. The van der Waals surface area contributed by atoms with Crippen molar-refractivity contribution in [3.63, 3.8) is 0 Å². The highest BCUT2D eigenvalue weighted by molar-refractivity contribution is 6.32. The summed E-state index contributed by atoms with van der Waals surface area (Å²) < 4.78 is 0. The zero-order valence-corrected chi connectivity index (χ0v) is 17.6. The quantitative estimate of drug-likeness (QED) is 0.219. The maximum Gasteiger partial charge on any atom is 0.113 e. The van der Waals surface area contributed by atoms with Crippen LogP contribution in [-0.4, -0.2) is 7.85 Å². The average molecular weight is 405 g/mol. The summed E-state index contributed by atoms with van der Waals surface area (Å²) in [5.41, 5.74) is 4.14. The molecule has 0 unspecified atom stereocenters. The fraction of sp³-hybridized carbons (Fsp3) is 0. The SMILES string of the molecule is [B]c1ccc(N(c2cccc3ccccc23)c2cc3ccccc3c3ccccc23)cc1. The molecule has 2 radical (unpaired) electrons. The molecule has 0 heterocycles. The third kappa shape index (κ3) is 3.04. The van der Waals surface area contributed by atoms with Crippen molar-refractivity contribution in [2.75, 3.05) is 4.90 Å². The minimum absolute atomic E-state index is 0.759. The van der Waals surface area contributed by atoms with Crippen molar-refractivity contribution >= 4 is 62.7 Å². The van der Waals surface area contributed by atoms with Crippen LogP contribution in [0.3, 0.4) is 0 Å². The Morgan fingerprint density at radius 2 is 1.03 bits per heavy atom. The second-order valence-electron chi connectivity index (χ2n) is 8.09. The van der Waals surface area contributed by atoms with Gasteiger partial charge in [-0.05, 0) is 45.8 Å². The maximum absolute atomic E-state index is 6.04. The van der Waals surface area contributed by atoms with Gasteiger partial charge in [0.05, 0.1) is 11.4 Å². The molecule has 6 aromatic rings. The number of hydrogen-bond donors (Lipinski definition) is 0. The third-order valence-electron chi connectivity index (χ3n) is 6.15. The van der Waals surface area contributed by atoms with Crippen molar-refractivity contribution < 1.29 is 0 Å². The predicted molar refractivity (Wildman–Crippen MR) is 139 cm³/mol. The lowest BCUT2D eigenvalue weighted by Gasteiger charge is -2.29. The standard InChI is InChI=1S/C30H20BN/c31-23-16-18-24(19-17-23)32(29-15-7-10-21-8-1-4-12-26(21)29)30-20-22-9-2-3-11-25(22)27-13-5-6-14-28(27)30/h1-20H. The van der Waals surface area contributed by atoms with E-state index in [2.05, 4.69) is 114 Å². The first-order chi connectivity index (χ1) is 15.8. The summed E-state index contributed by atoms with van der Waals surface area (Å²) >= 11 is 0. The normalized spacial score (nSPS) is 11.2. The van der Waals surface area contributed by atoms with E-state index in [0.29, 0.717) is 0 Å². The molecule has 0 aliphatic rings. The van der Waals surface area contributed by atoms with Crippen LogP contribution in [0, 0.1) is 0 Å². The Hall–Kier alpha value is -4.04. The molecular formula is C30H20BN. The molecule has 6 rings (SSSR count). The number of anilines is 3. The summed E-state index contributed by atoms with van der Waals surface area (Å²) in [6, 6.07) is 42.7. The molecule has 0 N–H and O–H groups in total. The third-order valence-corrected chi connectivity index (χ3v) is 6.15. The Balaban J connectivity index is 1.74. The fourth-order valence-electron chi connectivity index (χ4n) is 4.65. The maximum atomic E-state index is 6.04. The molecule has 32 heavy (non-hydrogen) atoms. The monoisotopic (exact) mass is 405 g/mol. The van der Waals surface area contributed by atoms with Crippen molar-refractivity contribution in [3.05, 3.63) is 121 Å². The van der Waals surface area contributed by atoms with Gasteiger partial charge in [0.2, 0.25) is 0 Å². The smallest absolute Gasteiger partial charge is 0.113 e. The minimum Gasteiger partial charge on any atom is -0.309 e. The summed E-state index contributed by atoms with van der Waals surface area (Å²) in [7, 11) is 6.04. The first-order valence-electron chi connectivity index (χ1n) is 10.8. The molecule has 0 saturated heterocycles. The number of rotatable bonds is 3. The van der Waals surface area contributed by atoms with Crippen LogP contribution in [-0.2, 0) is 0 Å². The van der Waals surface area contributed by atoms with Crippen LogP contribution < -0.4 is 10.4 Å². The lowest BCUT2D eigenvalue weighted by molar-refractivity contribution is 1.32. The summed E-state index contributed by atoms with van der Waals surface area (Å²) in [4.78, 5) is 2.36. The predicted octanol–water partition coefficient (Wildman–Crippen LogP) is 7.41. The molecule has 0 bridgehead atoms. The second-order valence-corrected chi connectivity index (χ2v) is 8.09. The Kier molecular flexibility index (Phi) is 4.43. The van der Waals surface area contributed by atoms with E-state index in [1.54, 1.807) is 0 Å². The molecule has 1 nitrogen and oxygen atoms in total. The van der Waals surface area contributed by atoms with Crippen LogP contribution >= 0.6 is 0 Å². The lowest BCUT2D eigenvalue weighted by Crippen LogP contribution is -2.12. The topological polar surface area (TPSA) is 3.24 Å². The highest BCUT2D eigenvalue weighted by atomic mass is 15.1. The lowest BCUT2D eigenvalue weighted by atomic mass is 9.95. The Morgan fingerprint density at radius 3 is 1.81 bits per heavy atom. The van der Waals surface area contributed by atoms with E-state index >= 15 is 0 Å². The number of nitrogens with zero attached hydrogens (tertiary/aromatic N) is 1. The van der Waals surface area contributed by atoms with Crippen molar-refractivity contribution in [2.45, 2.75) is 0 Å². The van der Waals surface area contributed by atoms with Gasteiger partial charge in [0.1, 0.15) is 7.85 Å². The van der Waals surface area contributed by atoms with Gasteiger partial charge >= 0.3 is 0 Å². The molecule has 0 spiro atoms. The fourth-order valence-corrected chi connectivity index (χ4v) is 4.65. The van der Waals surface area contributed by atoms with Gasteiger partial charge in [-0.2, -0.15) is 0 Å². The number of hydrogen-bond acceptors (Lipinski definition) is 1. The van der Waals surface area contributed by atoms with E-state index in [4.69, 9.17) is 7.85 Å². The van der Waals surface area contributed by atoms with Crippen molar-refractivity contribution in [1.29, 1.82) is 0 Å². The number of benzene rings is 6. The Morgan fingerprint density at radius 1 is 0.438 bits per heavy atom. The van der Waals surface area contributed by atoms with Crippen molar-refractivity contribution in [1.82, 2.24) is 0 Å². The largest absolute Gasteiger partial charge is 0.309 e. The summed E-state index contributed by atoms with van der Waals surface area (Å²) in [5.74, 6) is 0. The summed E-state index contributed by atoms with van der Waals surface area (Å²) in [6.07, 6.45) is 0. The van der Waals surface area contributed by atoms with Crippen LogP contribution in [0.25, 0.3) is 32.3 Å². The van der Waals surface area contributed by atoms with Crippen LogP contribution in [0.4, 0.5) is 17.1 Å². The molecule has 0 amide bonds. The van der Waals surface area contributed by atoms with Gasteiger partial charge < -0.3 is 4.90 Å². The highest BCUT2D eigenvalue weighted by Crippen LogP contribution is 2.43. The van der Waals surface area contributed by atoms with E-state index in [1.165, 1.54) is 32.3 Å². The molecule has 2 heteroatoms. The van der Waals surface area contributed by atoms with Crippen LogP contribution in [0.2, 0.25) is 0 Å². The molecule has 0 saturated carbocycles. The van der Waals surface area contributed by atoms with Gasteiger partial charge in [-0.25, -0.2) is 0 Å². The zero-order chi connectivity index (χ0) is 21.5. The zero-order valence-electron chi connectivity index (χ0n) is 17.6. The van der Waals surface area contributed by atoms with Crippen molar-refractivity contribution in [3.8, 4) is 0 Å². The van der Waals surface area contributed by atoms with Crippen LogP contribution in [0.15, 0.2) is 121 Å². The van der Waals surface area contributed by atoms with Gasteiger partial charge in [-0.15, -0.1) is 0 Å². The number of fused-ring (bicyclic) bond motifs is 4. The molecule has 0 aliphatic carbocycles. The summed E-state index contributed by atoms with van der Waals surface area (Å²) in [6.45, 7) is 0. The average Bonchev–Trinajstić information content (AvgIpc) is 2.85. The van der Waals surface area contributed by atoms with Crippen LogP contribution in [0.1, 0.15) is 0 Å². The Bertz CT molecular complexity index is 1580. The highest BCUT2D eigenvalue weighted by Gasteiger charge is 2.18. The summed E-state index contributed by atoms with van der Waals surface area (Å²) in [5, 5.41) is 7.39. The van der Waals surface area contributed by atoms with E-state index < -0.39 is 0 Å². The van der Waals surface area contributed by atoms with Gasteiger partial charge in [0, 0.05) is 16.5 Å². The first kappa shape index (κ1) is 18.7. The van der Waals surface area contributed by atoms with Gasteiger partial charge in [0.25, 0.3) is 0 Å². The van der Waals surface area contributed by atoms with E-state index in [9.17, 15) is 0 Å².